The first kappa shape index (κ1) is 13.8. The summed E-state index contributed by atoms with van der Waals surface area (Å²) in [5, 5.41) is 0. The predicted octanol–water partition coefficient (Wildman–Crippen LogP) is 3.36. The summed E-state index contributed by atoms with van der Waals surface area (Å²) < 4.78 is 0. The van der Waals surface area contributed by atoms with E-state index in [1.165, 1.54) is 27.8 Å². The van der Waals surface area contributed by atoms with Crippen LogP contribution in [0.1, 0.15) is 33.9 Å². The number of nitrogens with one attached hydrogen (secondary N) is 1. The average Bonchev–Trinajstić information content (AvgIpc) is 2.37. The Labute approximate surface area is 115 Å². The fraction of sp³-hybridized carbons (Fsp3) is 0.294. The molecule has 1 atom stereocenters. The summed E-state index contributed by atoms with van der Waals surface area (Å²) in [6.07, 6.45) is 0.905. The van der Waals surface area contributed by atoms with Crippen LogP contribution in [0.3, 0.4) is 0 Å². The SMILES string of the molecule is Cc1cc(C)c(C(Cc2ccccc2)NN)c(C)c1. The minimum absolute atomic E-state index is 0.156. The molecule has 2 nitrogen and oxygen atoms in total. The highest BCUT2D eigenvalue weighted by Gasteiger charge is 2.15. The van der Waals surface area contributed by atoms with Crippen molar-refractivity contribution in [2.75, 3.05) is 0 Å². The topological polar surface area (TPSA) is 38.0 Å². The molecular weight excluding hydrogens is 232 g/mol. The first-order chi connectivity index (χ1) is 9.11. The molecule has 0 aliphatic heterocycles. The number of hydrazine groups is 1. The van der Waals surface area contributed by atoms with E-state index in [1.807, 2.05) is 6.07 Å². The fourth-order valence-corrected chi connectivity index (χ4v) is 2.83. The molecule has 0 aliphatic rings. The number of benzene rings is 2. The Morgan fingerprint density at radius 1 is 1.00 bits per heavy atom. The highest BCUT2D eigenvalue weighted by atomic mass is 15.2. The van der Waals surface area contributed by atoms with Crippen molar-refractivity contribution in [1.82, 2.24) is 5.43 Å². The summed E-state index contributed by atoms with van der Waals surface area (Å²) in [5.41, 5.74) is 9.49. The third-order valence-electron chi connectivity index (χ3n) is 3.57. The van der Waals surface area contributed by atoms with Gasteiger partial charge in [-0.2, -0.15) is 0 Å². The number of nitrogens with two attached hydrogens (primary N) is 1. The number of rotatable bonds is 4. The van der Waals surface area contributed by atoms with Crippen LogP contribution in [0.4, 0.5) is 0 Å². The number of hydrogen-bond donors (Lipinski definition) is 2. The van der Waals surface area contributed by atoms with E-state index in [4.69, 9.17) is 5.84 Å². The summed E-state index contributed by atoms with van der Waals surface area (Å²) in [4.78, 5) is 0. The molecule has 0 heterocycles. The van der Waals surface area contributed by atoms with E-state index >= 15 is 0 Å². The van der Waals surface area contributed by atoms with Gasteiger partial charge in [0.25, 0.3) is 0 Å². The Balaban J connectivity index is 2.32. The Bertz CT molecular complexity index is 523. The van der Waals surface area contributed by atoms with Crippen molar-refractivity contribution in [2.24, 2.45) is 5.84 Å². The summed E-state index contributed by atoms with van der Waals surface area (Å²) >= 11 is 0. The zero-order chi connectivity index (χ0) is 13.8. The monoisotopic (exact) mass is 254 g/mol. The van der Waals surface area contributed by atoms with Crippen LogP contribution in [0, 0.1) is 20.8 Å². The molecule has 3 N–H and O–H groups in total. The Kier molecular flexibility index (Phi) is 4.35. The van der Waals surface area contributed by atoms with Crippen molar-refractivity contribution in [3.8, 4) is 0 Å². The van der Waals surface area contributed by atoms with E-state index in [-0.39, 0.29) is 6.04 Å². The van der Waals surface area contributed by atoms with Gasteiger partial charge in [0.05, 0.1) is 6.04 Å². The van der Waals surface area contributed by atoms with Crippen LogP contribution in [0.5, 0.6) is 0 Å². The quantitative estimate of drug-likeness (QED) is 0.648. The molecule has 0 aromatic heterocycles. The smallest absolute Gasteiger partial charge is 0.0505 e. The highest BCUT2D eigenvalue weighted by Crippen LogP contribution is 2.25. The molecule has 0 amide bonds. The van der Waals surface area contributed by atoms with Gasteiger partial charge < -0.3 is 0 Å². The molecule has 100 valence electrons. The molecular formula is C17H22N2. The average molecular weight is 254 g/mol. The largest absolute Gasteiger partial charge is 0.271 e. The molecule has 0 aliphatic carbocycles. The molecule has 2 aromatic rings. The van der Waals surface area contributed by atoms with Crippen LogP contribution in [0.25, 0.3) is 0 Å². The number of hydrogen-bond acceptors (Lipinski definition) is 2. The first-order valence-corrected chi connectivity index (χ1v) is 6.69. The van der Waals surface area contributed by atoms with Crippen molar-refractivity contribution in [2.45, 2.75) is 33.2 Å². The normalized spacial score (nSPS) is 12.4. The zero-order valence-corrected chi connectivity index (χ0v) is 11.9. The van der Waals surface area contributed by atoms with Crippen molar-refractivity contribution in [1.29, 1.82) is 0 Å². The number of aryl methyl sites for hydroxylation is 3. The molecule has 0 fully saturated rings. The molecule has 0 spiro atoms. The van der Waals surface area contributed by atoms with E-state index in [0.717, 1.165) is 6.42 Å². The molecule has 1 unspecified atom stereocenters. The Morgan fingerprint density at radius 2 is 1.58 bits per heavy atom. The van der Waals surface area contributed by atoms with Crippen molar-refractivity contribution in [3.63, 3.8) is 0 Å². The highest BCUT2D eigenvalue weighted by molar-refractivity contribution is 5.40. The predicted molar refractivity (Wildman–Crippen MR) is 80.9 cm³/mol. The van der Waals surface area contributed by atoms with Crippen molar-refractivity contribution in [3.05, 3.63) is 70.3 Å². The van der Waals surface area contributed by atoms with Gasteiger partial charge in [-0.1, -0.05) is 48.0 Å². The lowest BCUT2D eigenvalue weighted by molar-refractivity contribution is 0.546. The van der Waals surface area contributed by atoms with Gasteiger partial charge in [-0.15, -0.1) is 0 Å². The molecule has 0 saturated carbocycles. The van der Waals surface area contributed by atoms with Gasteiger partial charge in [0, 0.05) is 0 Å². The summed E-state index contributed by atoms with van der Waals surface area (Å²) in [5.74, 6) is 5.78. The van der Waals surface area contributed by atoms with Crippen molar-refractivity contribution < 1.29 is 0 Å². The minimum Gasteiger partial charge on any atom is -0.271 e. The van der Waals surface area contributed by atoms with Crippen LogP contribution in [0.2, 0.25) is 0 Å². The maximum atomic E-state index is 5.78. The van der Waals surface area contributed by atoms with E-state index in [1.54, 1.807) is 0 Å². The lowest BCUT2D eigenvalue weighted by atomic mass is 9.91. The molecule has 0 radical (unpaired) electrons. The standard InChI is InChI=1S/C17H22N2/c1-12-9-13(2)17(14(3)10-12)16(19-18)11-15-7-5-4-6-8-15/h4-10,16,19H,11,18H2,1-3H3. The molecule has 0 bridgehead atoms. The van der Waals surface area contributed by atoms with Crippen LogP contribution >= 0.6 is 0 Å². The second-order valence-electron chi connectivity index (χ2n) is 5.22. The minimum atomic E-state index is 0.156. The van der Waals surface area contributed by atoms with Crippen LogP contribution < -0.4 is 11.3 Å². The van der Waals surface area contributed by atoms with E-state index < -0.39 is 0 Å². The second kappa shape index (κ2) is 6.00. The van der Waals surface area contributed by atoms with Gasteiger partial charge in [0.2, 0.25) is 0 Å². The van der Waals surface area contributed by atoms with Gasteiger partial charge in [0.15, 0.2) is 0 Å². The molecule has 0 saturated heterocycles. The molecule has 2 aromatic carbocycles. The fourth-order valence-electron chi connectivity index (χ4n) is 2.83. The second-order valence-corrected chi connectivity index (χ2v) is 5.22. The molecule has 2 heteroatoms. The van der Waals surface area contributed by atoms with E-state index in [2.05, 4.69) is 62.6 Å². The Morgan fingerprint density at radius 3 is 2.11 bits per heavy atom. The molecule has 2 rings (SSSR count). The lowest BCUT2D eigenvalue weighted by Gasteiger charge is -2.21. The van der Waals surface area contributed by atoms with Crippen LogP contribution in [0.15, 0.2) is 42.5 Å². The molecule has 19 heavy (non-hydrogen) atoms. The maximum Gasteiger partial charge on any atom is 0.0505 e. The van der Waals surface area contributed by atoms with Gasteiger partial charge in [0.1, 0.15) is 0 Å². The van der Waals surface area contributed by atoms with Gasteiger partial charge in [-0.3, -0.25) is 11.3 Å². The van der Waals surface area contributed by atoms with Crippen molar-refractivity contribution >= 4 is 0 Å². The van der Waals surface area contributed by atoms with E-state index in [0.29, 0.717) is 0 Å². The Hall–Kier alpha value is -1.64. The van der Waals surface area contributed by atoms with Crippen LogP contribution in [-0.4, -0.2) is 0 Å². The van der Waals surface area contributed by atoms with Gasteiger partial charge >= 0.3 is 0 Å². The van der Waals surface area contributed by atoms with Gasteiger partial charge in [-0.25, -0.2) is 0 Å². The summed E-state index contributed by atoms with van der Waals surface area (Å²) in [7, 11) is 0. The third kappa shape index (κ3) is 3.22. The maximum absolute atomic E-state index is 5.78. The summed E-state index contributed by atoms with van der Waals surface area (Å²) in [6, 6.07) is 15.1. The third-order valence-corrected chi connectivity index (χ3v) is 3.57. The first-order valence-electron chi connectivity index (χ1n) is 6.69. The van der Waals surface area contributed by atoms with Crippen LogP contribution in [-0.2, 0) is 6.42 Å². The lowest BCUT2D eigenvalue weighted by Crippen LogP contribution is -2.30. The van der Waals surface area contributed by atoms with E-state index in [9.17, 15) is 0 Å². The summed E-state index contributed by atoms with van der Waals surface area (Å²) in [6.45, 7) is 6.45. The zero-order valence-electron chi connectivity index (χ0n) is 11.9. The van der Waals surface area contributed by atoms with Gasteiger partial charge in [-0.05, 0) is 49.4 Å².